The number of benzene rings is 2. The van der Waals surface area contributed by atoms with Crippen LogP contribution in [-0.4, -0.2) is 26.2 Å². The average Bonchev–Trinajstić information content (AvgIpc) is 2.56. The van der Waals surface area contributed by atoms with E-state index in [2.05, 4.69) is 9.93 Å². The number of nitro groups is 1. The maximum atomic E-state index is 12.1. The first-order valence-electron chi connectivity index (χ1n) is 6.94. The van der Waals surface area contributed by atoms with Crippen molar-refractivity contribution < 1.29 is 18.1 Å². The molecule has 24 heavy (non-hydrogen) atoms. The molecule has 2 rings (SSSR count). The Balaban J connectivity index is 2.04. The van der Waals surface area contributed by atoms with Crippen LogP contribution in [0.2, 0.25) is 0 Å². The summed E-state index contributed by atoms with van der Waals surface area (Å²) < 4.78 is 29.4. The summed E-state index contributed by atoms with van der Waals surface area (Å²) in [6, 6.07) is 11.5. The molecule has 0 aliphatic heterocycles. The lowest BCUT2D eigenvalue weighted by molar-refractivity contribution is -0.384. The Morgan fingerprint density at radius 2 is 1.79 bits per heavy atom. The number of non-ortho nitro benzene ring substituents is 1. The summed E-state index contributed by atoms with van der Waals surface area (Å²) in [5.41, 5.74) is 0.470. The van der Waals surface area contributed by atoms with Gasteiger partial charge in [-0.2, -0.15) is 13.5 Å². The predicted octanol–water partition coefficient (Wildman–Crippen LogP) is 2.31. The lowest BCUT2D eigenvalue weighted by Gasteiger charge is -2.05. The van der Waals surface area contributed by atoms with E-state index in [1.54, 1.807) is 12.1 Å². The van der Waals surface area contributed by atoms with Gasteiger partial charge in [0.25, 0.3) is 15.7 Å². The predicted molar refractivity (Wildman–Crippen MR) is 88.6 cm³/mol. The molecule has 1 N–H and O–H groups in total. The summed E-state index contributed by atoms with van der Waals surface area (Å²) in [5.74, 6) is 0.575. The monoisotopic (exact) mass is 349 g/mol. The molecule has 2 aromatic carbocycles. The summed E-state index contributed by atoms with van der Waals surface area (Å²) >= 11 is 0. The molecular weight excluding hydrogens is 334 g/mol. The molecule has 0 aliphatic carbocycles. The van der Waals surface area contributed by atoms with Crippen molar-refractivity contribution in [2.24, 2.45) is 5.10 Å². The van der Waals surface area contributed by atoms with E-state index in [0.717, 1.165) is 0 Å². The Morgan fingerprint density at radius 1 is 1.17 bits per heavy atom. The van der Waals surface area contributed by atoms with Gasteiger partial charge in [0.05, 0.1) is 22.6 Å². The highest BCUT2D eigenvalue weighted by Crippen LogP contribution is 2.16. The Morgan fingerprint density at radius 3 is 2.33 bits per heavy atom. The molecule has 8 nitrogen and oxygen atoms in total. The maximum absolute atomic E-state index is 12.1. The second kappa shape index (κ2) is 7.55. The summed E-state index contributed by atoms with van der Waals surface area (Å²) in [4.78, 5) is 12.2. The smallest absolute Gasteiger partial charge is 0.276 e. The van der Waals surface area contributed by atoms with E-state index in [0.29, 0.717) is 17.9 Å². The first kappa shape index (κ1) is 17.4. The van der Waals surface area contributed by atoms with Gasteiger partial charge in [-0.3, -0.25) is 10.1 Å². The number of nitro benzene ring substituents is 1. The minimum Gasteiger partial charge on any atom is -0.494 e. The van der Waals surface area contributed by atoms with Crippen molar-refractivity contribution in [2.75, 3.05) is 6.61 Å². The topological polar surface area (TPSA) is 111 Å². The Kier molecular flexibility index (Phi) is 5.48. The van der Waals surface area contributed by atoms with Crippen LogP contribution in [0.15, 0.2) is 58.5 Å². The molecule has 0 aliphatic rings. The SMILES string of the molecule is CCOc1ccc(S(=O)(=O)NN=Cc2ccc([N+](=O)[O-])cc2)cc1. The quantitative estimate of drug-likeness (QED) is 0.468. The first-order chi connectivity index (χ1) is 11.4. The minimum atomic E-state index is -3.80. The third kappa shape index (κ3) is 4.53. The average molecular weight is 349 g/mol. The molecule has 0 aromatic heterocycles. The van der Waals surface area contributed by atoms with Crippen molar-refractivity contribution in [1.29, 1.82) is 0 Å². The fourth-order valence-electron chi connectivity index (χ4n) is 1.79. The lowest BCUT2D eigenvalue weighted by atomic mass is 10.2. The lowest BCUT2D eigenvalue weighted by Crippen LogP contribution is -2.18. The standard InChI is InChI=1S/C15H15N3O5S/c1-2-23-14-7-9-15(10-8-14)24(21,22)17-16-11-12-3-5-13(6-4-12)18(19)20/h3-11,17H,2H2,1H3. The van der Waals surface area contributed by atoms with Crippen LogP contribution < -0.4 is 9.57 Å². The van der Waals surface area contributed by atoms with Crippen LogP contribution in [0.1, 0.15) is 12.5 Å². The number of hydrogen-bond donors (Lipinski definition) is 1. The number of rotatable bonds is 7. The molecule has 0 amide bonds. The summed E-state index contributed by atoms with van der Waals surface area (Å²) in [6.45, 7) is 2.32. The zero-order valence-corrected chi connectivity index (χ0v) is 13.6. The minimum absolute atomic E-state index is 0.0480. The molecule has 0 radical (unpaired) electrons. The molecule has 126 valence electrons. The van der Waals surface area contributed by atoms with Crippen molar-refractivity contribution >= 4 is 21.9 Å². The largest absolute Gasteiger partial charge is 0.494 e. The van der Waals surface area contributed by atoms with Crippen LogP contribution in [0.3, 0.4) is 0 Å². The van der Waals surface area contributed by atoms with Crippen LogP contribution in [0, 0.1) is 10.1 Å². The molecule has 0 bridgehead atoms. The van der Waals surface area contributed by atoms with Gasteiger partial charge in [-0.1, -0.05) is 0 Å². The molecule has 0 heterocycles. The number of ether oxygens (including phenoxy) is 1. The van der Waals surface area contributed by atoms with Crippen LogP contribution in [-0.2, 0) is 10.0 Å². The zero-order chi connectivity index (χ0) is 17.6. The number of nitrogens with one attached hydrogen (secondary N) is 1. The van der Waals surface area contributed by atoms with E-state index in [1.165, 1.54) is 42.6 Å². The van der Waals surface area contributed by atoms with Gasteiger partial charge in [-0.05, 0) is 48.9 Å². The van der Waals surface area contributed by atoms with Gasteiger partial charge in [0.2, 0.25) is 0 Å². The van der Waals surface area contributed by atoms with Crippen molar-refractivity contribution in [2.45, 2.75) is 11.8 Å². The molecule has 0 saturated carbocycles. The number of hydrazone groups is 1. The third-order valence-electron chi connectivity index (χ3n) is 2.94. The number of nitrogens with zero attached hydrogens (tertiary/aromatic N) is 2. The second-order valence-electron chi connectivity index (χ2n) is 4.61. The third-order valence-corrected chi connectivity index (χ3v) is 4.17. The Hall–Kier alpha value is -2.94. The van der Waals surface area contributed by atoms with E-state index in [1.807, 2.05) is 6.92 Å². The fraction of sp³-hybridized carbons (Fsp3) is 0.133. The zero-order valence-electron chi connectivity index (χ0n) is 12.7. The summed E-state index contributed by atoms with van der Waals surface area (Å²) in [5, 5.41) is 14.2. The highest BCUT2D eigenvalue weighted by atomic mass is 32.2. The van der Waals surface area contributed by atoms with E-state index in [4.69, 9.17) is 4.74 Å². The highest BCUT2D eigenvalue weighted by Gasteiger charge is 2.12. The van der Waals surface area contributed by atoms with E-state index in [-0.39, 0.29) is 10.6 Å². The summed E-state index contributed by atoms with van der Waals surface area (Å²) in [6.07, 6.45) is 1.26. The van der Waals surface area contributed by atoms with Gasteiger partial charge in [-0.15, -0.1) is 0 Å². The number of hydrogen-bond acceptors (Lipinski definition) is 6. The normalized spacial score (nSPS) is 11.4. The van der Waals surface area contributed by atoms with E-state index in [9.17, 15) is 18.5 Å². The second-order valence-corrected chi connectivity index (χ2v) is 6.27. The molecule has 0 unspecified atom stereocenters. The first-order valence-corrected chi connectivity index (χ1v) is 8.43. The van der Waals surface area contributed by atoms with Gasteiger partial charge >= 0.3 is 0 Å². The van der Waals surface area contributed by atoms with Crippen LogP contribution in [0.4, 0.5) is 5.69 Å². The van der Waals surface area contributed by atoms with Crippen LogP contribution >= 0.6 is 0 Å². The van der Waals surface area contributed by atoms with Gasteiger partial charge in [0.15, 0.2) is 0 Å². The van der Waals surface area contributed by atoms with Crippen LogP contribution in [0.25, 0.3) is 0 Å². The van der Waals surface area contributed by atoms with Crippen molar-refractivity contribution in [3.8, 4) is 5.75 Å². The Bertz CT molecular complexity index is 830. The van der Waals surface area contributed by atoms with Crippen LogP contribution in [0.5, 0.6) is 5.75 Å². The molecule has 0 fully saturated rings. The van der Waals surface area contributed by atoms with E-state index < -0.39 is 14.9 Å². The van der Waals surface area contributed by atoms with Crippen molar-refractivity contribution in [3.63, 3.8) is 0 Å². The van der Waals surface area contributed by atoms with Crippen molar-refractivity contribution in [3.05, 3.63) is 64.2 Å². The molecule has 2 aromatic rings. The number of sulfonamides is 1. The molecule has 0 atom stereocenters. The molecular formula is C15H15N3O5S. The molecule has 0 saturated heterocycles. The van der Waals surface area contributed by atoms with Crippen molar-refractivity contribution in [1.82, 2.24) is 4.83 Å². The summed E-state index contributed by atoms with van der Waals surface area (Å²) in [7, 11) is -3.80. The highest BCUT2D eigenvalue weighted by molar-refractivity contribution is 7.89. The van der Waals surface area contributed by atoms with Gasteiger partial charge in [0.1, 0.15) is 5.75 Å². The molecule has 9 heteroatoms. The van der Waals surface area contributed by atoms with E-state index >= 15 is 0 Å². The Labute approximate surface area is 139 Å². The van der Waals surface area contributed by atoms with Gasteiger partial charge in [-0.25, -0.2) is 4.83 Å². The maximum Gasteiger partial charge on any atom is 0.276 e. The molecule has 0 spiro atoms. The fourth-order valence-corrected chi connectivity index (χ4v) is 2.58. The van der Waals surface area contributed by atoms with Gasteiger partial charge in [0, 0.05) is 12.1 Å². The van der Waals surface area contributed by atoms with Gasteiger partial charge < -0.3 is 4.74 Å².